The Balaban J connectivity index is 3.02. The van der Waals surface area contributed by atoms with E-state index in [0.29, 0.717) is 15.0 Å². The van der Waals surface area contributed by atoms with Gasteiger partial charge >= 0.3 is 57.0 Å². The van der Waals surface area contributed by atoms with Gasteiger partial charge in [0, 0.05) is 0 Å². The Morgan fingerprint density at radius 1 is 1.75 bits per heavy atom. The summed E-state index contributed by atoms with van der Waals surface area (Å²) in [6.45, 7) is 5.67. The molecule has 0 heterocycles. The molecule has 0 bridgehead atoms. The first kappa shape index (κ1) is 7.82. The Hall–Kier alpha value is -0.181. The fourth-order valence-electron chi connectivity index (χ4n) is 0.236. The SMILES string of the molecule is C=CC#C[Se]CCC. The van der Waals surface area contributed by atoms with Crippen LogP contribution in [0.5, 0.6) is 0 Å². The van der Waals surface area contributed by atoms with Crippen LogP contribution in [0.2, 0.25) is 5.32 Å². The van der Waals surface area contributed by atoms with Crippen molar-refractivity contribution >= 4 is 15.0 Å². The predicted molar refractivity (Wildman–Crippen MR) is 38.8 cm³/mol. The van der Waals surface area contributed by atoms with E-state index in [9.17, 15) is 0 Å². The second-order valence-electron chi connectivity index (χ2n) is 1.30. The molecule has 0 unspecified atom stereocenters. The van der Waals surface area contributed by atoms with Crippen molar-refractivity contribution in [3.05, 3.63) is 12.7 Å². The average molecular weight is 173 g/mol. The van der Waals surface area contributed by atoms with Crippen LogP contribution < -0.4 is 0 Å². The van der Waals surface area contributed by atoms with Gasteiger partial charge in [-0.1, -0.05) is 0 Å². The summed E-state index contributed by atoms with van der Waals surface area (Å²) in [4.78, 5) is 3.03. The Kier molecular flexibility index (Phi) is 6.67. The number of hydrogen-bond donors (Lipinski definition) is 0. The quantitative estimate of drug-likeness (QED) is 0.338. The van der Waals surface area contributed by atoms with E-state index >= 15 is 0 Å². The van der Waals surface area contributed by atoms with Crippen molar-refractivity contribution in [1.82, 2.24) is 0 Å². The molecule has 44 valence electrons. The van der Waals surface area contributed by atoms with E-state index in [-0.39, 0.29) is 0 Å². The molecule has 0 radical (unpaired) electrons. The van der Waals surface area contributed by atoms with Crippen molar-refractivity contribution in [3.8, 4) is 10.7 Å². The van der Waals surface area contributed by atoms with Gasteiger partial charge in [0.25, 0.3) is 0 Å². The topological polar surface area (TPSA) is 0 Å². The van der Waals surface area contributed by atoms with Gasteiger partial charge in [-0.15, -0.1) is 0 Å². The van der Waals surface area contributed by atoms with E-state index in [1.165, 1.54) is 11.7 Å². The number of allylic oxidation sites excluding steroid dienone is 1. The van der Waals surface area contributed by atoms with Crippen molar-refractivity contribution in [2.75, 3.05) is 0 Å². The van der Waals surface area contributed by atoms with Gasteiger partial charge in [0.15, 0.2) is 0 Å². The zero-order chi connectivity index (χ0) is 6.24. The summed E-state index contributed by atoms with van der Waals surface area (Å²) in [5.74, 6) is 2.82. The third-order valence-corrected chi connectivity index (χ3v) is 2.37. The zero-order valence-electron chi connectivity index (χ0n) is 5.11. The fourth-order valence-corrected chi connectivity index (χ4v) is 1.23. The van der Waals surface area contributed by atoms with Gasteiger partial charge in [-0.2, -0.15) is 0 Å². The van der Waals surface area contributed by atoms with Crippen molar-refractivity contribution in [2.24, 2.45) is 0 Å². The van der Waals surface area contributed by atoms with Gasteiger partial charge in [-0.25, -0.2) is 0 Å². The van der Waals surface area contributed by atoms with Gasteiger partial charge in [0.1, 0.15) is 0 Å². The van der Waals surface area contributed by atoms with Gasteiger partial charge in [0.2, 0.25) is 0 Å². The summed E-state index contributed by atoms with van der Waals surface area (Å²) in [5, 5.41) is 1.27. The van der Waals surface area contributed by atoms with Gasteiger partial charge in [0.05, 0.1) is 0 Å². The number of rotatable bonds is 2. The van der Waals surface area contributed by atoms with Crippen LogP contribution in [0.1, 0.15) is 13.3 Å². The average Bonchev–Trinajstić information content (AvgIpc) is 1.81. The molecule has 0 nitrogen and oxygen atoms in total. The molecule has 0 fully saturated rings. The van der Waals surface area contributed by atoms with E-state index in [1.807, 2.05) is 0 Å². The molecule has 0 N–H and O–H groups in total. The standard InChI is InChI=1S/C7H10Se/c1-3-5-7-8-6-4-2/h3H,1,4,6H2,2H3. The fraction of sp³-hybridized carbons (Fsp3) is 0.429. The van der Waals surface area contributed by atoms with E-state index in [2.05, 4.69) is 24.2 Å². The van der Waals surface area contributed by atoms with Crippen molar-refractivity contribution in [2.45, 2.75) is 18.7 Å². The Labute approximate surface area is 57.5 Å². The summed E-state index contributed by atoms with van der Waals surface area (Å²) in [7, 11) is 0. The van der Waals surface area contributed by atoms with Crippen LogP contribution in [0.4, 0.5) is 0 Å². The molecule has 1 heteroatoms. The van der Waals surface area contributed by atoms with Crippen molar-refractivity contribution in [3.63, 3.8) is 0 Å². The molecule has 0 rings (SSSR count). The first-order valence-electron chi connectivity index (χ1n) is 2.65. The molecule has 0 atom stereocenters. The van der Waals surface area contributed by atoms with E-state index in [0.717, 1.165) is 0 Å². The third-order valence-electron chi connectivity index (χ3n) is 0.539. The van der Waals surface area contributed by atoms with Crippen LogP contribution in [-0.2, 0) is 0 Å². The van der Waals surface area contributed by atoms with Crippen LogP contribution >= 0.6 is 0 Å². The summed E-state index contributed by atoms with van der Waals surface area (Å²) < 4.78 is 0. The summed E-state index contributed by atoms with van der Waals surface area (Å²) >= 11 is 0.545. The molecular weight excluding hydrogens is 163 g/mol. The molecule has 0 aliphatic carbocycles. The Bertz CT molecular complexity index is 105. The maximum absolute atomic E-state index is 3.49. The molecule has 0 aromatic carbocycles. The summed E-state index contributed by atoms with van der Waals surface area (Å²) in [6.07, 6.45) is 2.91. The van der Waals surface area contributed by atoms with Crippen LogP contribution in [-0.4, -0.2) is 15.0 Å². The minimum absolute atomic E-state index is 0.545. The Morgan fingerprint density at radius 2 is 2.50 bits per heavy atom. The first-order valence-corrected chi connectivity index (χ1v) is 4.71. The van der Waals surface area contributed by atoms with E-state index in [4.69, 9.17) is 0 Å². The summed E-state index contributed by atoms with van der Waals surface area (Å²) in [5.41, 5.74) is 0. The third kappa shape index (κ3) is 5.82. The molecule has 0 aliphatic heterocycles. The molecule has 0 aromatic rings. The van der Waals surface area contributed by atoms with E-state index in [1.54, 1.807) is 6.08 Å². The van der Waals surface area contributed by atoms with E-state index < -0.39 is 0 Å². The minimum atomic E-state index is 0.545. The zero-order valence-corrected chi connectivity index (χ0v) is 6.82. The maximum atomic E-state index is 3.49. The van der Waals surface area contributed by atoms with Crippen molar-refractivity contribution < 1.29 is 0 Å². The van der Waals surface area contributed by atoms with Gasteiger partial charge in [-0.3, -0.25) is 0 Å². The molecule has 8 heavy (non-hydrogen) atoms. The number of hydrogen-bond acceptors (Lipinski definition) is 0. The molecule has 0 saturated carbocycles. The van der Waals surface area contributed by atoms with Crippen LogP contribution in [0, 0.1) is 10.7 Å². The second-order valence-corrected chi connectivity index (χ2v) is 3.19. The van der Waals surface area contributed by atoms with Crippen molar-refractivity contribution in [1.29, 1.82) is 0 Å². The molecule has 0 aromatic heterocycles. The molecule has 0 amide bonds. The molecule has 0 spiro atoms. The molecule has 0 saturated heterocycles. The van der Waals surface area contributed by atoms with Gasteiger partial charge < -0.3 is 0 Å². The van der Waals surface area contributed by atoms with Crippen LogP contribution in [0.15, 0.2) is 12.7 Å². The van der Waals surface area contributed by atoms with Crippen LogP contribution in [0.3, 0.4) is 0 Å². The predicted octanol–water partition coefficient (Wildman–Crippen LogP) is 1.67. The summed E-state index contributed by atoms with van der Waals surface area (Å²) in [6, 6.07) is 0. The first-order chi connectivity index (χ1) is 3.91. The normalized spacial score (nSPS) is 7.12. The monoisotopic (exact) mass is 174 g/mol. The second kappa shape index (κ2) is 6.82. The van der Waals surface area contributed by atoms with Gasteiger partial charge in [-0.05, 0) is 0 Å². The van der Waals surface area contributed by atoms with Crippen LogP contribution in [0.25, 0.3) is 0 Å². The molecule has 0 aliphatic rings. The molecular formula is C7H10Se. The Morgan fingerprint density at radius 3 is 3.00 bits per heavy atom.